The molecule has 128 valence electrons. The Kier molecular flexibility index (Phi) is 5.28. The Bertz CT molecular complexity index is 660. The molecule has 1 saturated heterocycles. The summed E-state index contributed by atoms with van der Waals surface area (Å²) in [5, 5.41) is 7.21. The highest BCUT2D eigenvalue weighted by molar-refractivity contribution is 5.77. The SMILES string of the molecule is Cc1n[nH]c(C)c1CCC(=O)N1CCC[C@@H]1CCc1ccncc1. The van der Waals surface area contributed by atoms with Crippen molar-refractivity contribution in [2.75, 3.05) is 6.54 Å². The Morgan fingerprint density at radius 2 is 2.08 bits per heavy atom. The number of nitrogens with one attached hydrogen (secondary N) is 1. The Labute approximate surface area is 143 Å². The summed E-state index contributed by atoms with van der Waals surface area (Å²) >= 11 is 0. The lowest BCUT2D eigenvalue weighted by atomic mass is 10.0. The molecule has 1 aliphatic rings. The van der Waals surface area contributed by atoms with Crippen LogP contribution < -0.4 is 0 Å². The maximum atomic E-state index is 12.7. The van der Waals surface area contributed by atoms with Crippen molar-refractivity contribution in [2.24, 2.45) is 0 Å². The van der Waals surface area contributed by atoms with Crippen LogP contribution in [0.25, 0.3) is 0 Å². The topological polar surface area (TPSA) is 61.9 Å². The van der Waals surface area contributed by atoms with E-state index >= 15 is 0 Å². The number of aromatic amines is 1. The summed E-state index contributed by atoms with van der Waals surface area (Å²) in [6.07, 6.45) is 9.33. The lowest BCUT2D eigenvalue weighted by Gasteiger charge is -2.25. The number of rotatable bonds is 6. The third kappa shape index (κ3) is 3.83. The normalized spacial score (nSPS) is 17.4. The average Bonchev–Trinajstić information content (AvgIpc) is 3.19. The van der Waals surface area contributed by atoms with Crippen LogP contribution in [0, 0.1) is 13.8 Å². The van der Waals surface area contributed by atoms with Crippen LogP contribution in [0.5, 0.6) is 0 Å². The maximum absolute atomic E-state index is 12.7. The quantitative estimate of drug-likeness (QED) is 0.887. The lowest BCUT2D eigenvalue weighted by molar-refractivity contribution is -0.132. The van der Waals surface area contributed by atoms with Gasteiger partial charge in [-0.05, 0) is 69.2 Å². The van der Waals surface area contributed by atoms with Gasteiger partial charge in [0.2, 0.25) is 5.91 Å². The Morgan fingerprint density at radius 3 is 2.79 bits per heavy atom. The van der Waals surface area contributed by atoms with Gasteiger partial charge in [-0.3, -0.25) is 14.9 Å². The number of H-pyrrole nitrogens is 1. The predicted molar refractivity (Wildman–Crippen MR) is 93.7 cm³/mol. The molecule has 1 N–H and O–H groups in total. The molecule has 3 heterocycles. The van der Waals surface area contributed by atoms with Gasteiger partial charge in [0.1, 0.15) is 0 Å². The van der Waals surface area contributed by atoms with E-state index in [4.69, 9.17) is 0 Å². The molecule has 5 nitrogen and oxygen atoms in total. The van der Waals surface area contributed by atoms with Crippen LogP contribution in [0.4, 0.5) is 0 Å². The van der Waals surface area contributed by atoms with Crippen LogP contribution in [-0.2, 0) is 17.6 Å². The van der Waals surface area contributed by atoms with Gasteiger partial charge in [0.25, 0.3) is 0 Å². The minimum Gasteiger partial charge on any atom is -0.340 e. The number of carbonyl (C=O) groups is 1. The number of carbonyl (C=O) groups excluding carboxylic acids is 1. The van der Waals surface area contributed by atoms with Crippen molar-refractivity contribution >= 4 is 5.91 Å². The molecule has 24 heavy (non-hydrogen) atoms. The molecule has 5 heteroatoms. The van der Waals surface area contributed by atoms with Gasteiger partial charge >= 0.3 is 0 Å². The largest absolute Gasteiger partial charge is 0.340 e. The highest BCUT2D eigenvalue weighted by Gasteiger charge is 2.28. The van der Waals surface area contributed by atoms with E-state index in [0.717, 1.165) is 50.0 Å². The van der Waals surface area contributed by atoms with E-state index in [1.807, 2.05) is 26.2 Å². The smallest absolute Gasteiger partial charge is 0.223 e. The average molecular weight is 326 g/mol. The highest BCUT2D eigenvalue weighted by atomic mass is 16.2. The van der Waals surface area contributed by atoms with Gasteiger partial charge in [-0.25, -0.2) is 0 Å². The van der Waals surface area contributed by atoms with Crippen LogP contribution in [-0.4, -0.2) is 38.6 Å². The van der Waals surface area contributed by atoms with Crippen molar-refractivity contribution in [2.45, 2.75) is 58.4 Å². The first kappa shape index (κ1) is 16.7. The molecule has 3 rings (SSSR count). The second kappa shape index (κ2) is 7.60. The number of aromatic nitrogens is 3. The van der Waals surface area contributed by atoms with Crippen LogP contribution in [0.3, 0.4) is 0 Å². The molecule has 0 saturated carbocycles. The molecule has 1 amide bonds. The zero-order chi connectivity index (χ0) is 16.9. The molecular formula is C19H26N4O. The van der Waals surface area contributed by atoms with Crippen LogP contribution in [0.2, 0.25) is 0 Å². The summed E-state index contributed by atoms with van der Waals surface area (Å²) in [5.74, 6) is 0.284. The monoisotopic (exact) mass is 326 g/mol. The van der Waals surface area contributed by atoms with Crippen molar-refractivity contribution in [3.8, 4) is 0 Å². The third-order valence-corrected chi connectivity index (χ3v) is 5.08. The van der Waals surface area contributed by atoms with E-state index in [1.54, 1.807) is 0 Å². The Hall–Kier alpha value is -2.17. The van der Waals surface area contributed by atoms with Gasteiger partial charge in [-0.2, -0.15) is 5.10 Å². The van der Waals surface area contributed by atoms with Crippen LogP contribution in [0.15, 0.2) is 24.5 Å². The first-order valence-corrected chi connectivity index (χ1v) is 8.84. The number of nitrogens with zero attached hydrogens (tertiary/aromatic N) is 3. The van der Waals surface area contributed by atoms with Gasteiger partial charge in [-0.15, -0.1) is 0 Å². The fourth-order valence-corrected chi connectivity index (χ4v) is 3.66. The molecule has 1 atom stereocenters. The minimum absolute atomic E-state index is 0.284. The van der Waals surface area contributed by atoms with Crippen molar-refractivity contribution in [3.05, 3.63) is 47.0 Å². The Balaban J connectivity index is 1.53. The molecule has 0 bridgehead atoms. The van der Waals surface area contributed by atoms with Crippen LogP contribution >= 0.6 is 0 Å². The van der Waals surface area contributed by atoms with Gasteiger partial charge in [0, 0.05) is 37.1 Å². The molecular weight excluding hydrogens is 300 g/mol. The second-order valence-electron chi connectivity index (χ2n) is 6.69. The number of amides is 1. The highest BCUT2D eigenvalue weighted by Crippen LogP contribution is 2.23. The zero-order valence-electron chi connectivity index (χ0n) is 14.6. The molecule has 0 radical (unpaired) electrons. The van der Waals surface area contributed by atoms with Gasteiger partial charge in [0.05, 0.1) is 5.69 Å². The summed E-state index contributed by atoms with van der Waals surface area (Å²) in [6.45, 7) is 4.92. The molecule has 2 aromatic heterocycles. The molecule has 1 fully saturated rings. The molecule has 0 aromatic carbocycles. The molecule has 0 spiro atoms. The van der Waals surface area contributed by atoms with Crippen molar-refractivity contribution in [3.63, 3.8) is 0 Å². The number of hydrogen-bond donors (Lipinski definition) is 1. The third-order valence-electron chi connectivity index (χ3n) is 5.08. The Morgan fingerprint density at radius 1 is 1.29 bits per heavy atom. The van der Waals surface area contributed by atoms with E-state index in [0.29, 0.717) is 12.5 Å². The van der Waals surface area contributed by atoms with Gasteiger partial charge < -0.3 is 4.90 Å². The van der Waals surface area contributed by atoms with E-state index in [9.17, 15) is 4.79 Å². The summed E-state index contributed by atoms with van der Waals surface area (Å²) in [4.78, 5) is 18.8. The number of aryl methyl sites for hydroxylation is 3. The number of hydrogen-bond acceptors (Lipinski definition) is 3. The first-order chi connectivity index (χ1) is 11.6. The molecule has 1 aliphatic heterocycles. The summed E-state index contributed by atoms with van der Waals surface area (Å²) < 4.78 is 0. The lowest BCUT2D eigenvalue weighted by Crippen LogP contribution is -2.36. The summed E-state index contributed by atoms with van der Waals surface area (Å²) in [5.41, 5.74) is 4.58. The van der Waals surface area contributed by atoms with Gasteiger partial charge in [-0.1, -0.05) is 0 Å². The van der Waals surface area contributed by atoms with Crippen molar-refractivity contribution in [1.29, 1.82) is 0 Å². The van der Waals surface area contributed by atoms with E-state index in [2.05, 4.69) is 32.2 Å². The standard InChI is InChI=1S/C19H26N4O/c1-14-18(15(2)22-21-14)7-8-19(24)23-13-3-4-17(23)6-5-16-9-11-20-12-10-16/h9-12,17H,3-8,13H2,1-2H3,(H,21,22)/t17-/m1/s1. The van der Waals surface area contributed by atoms with Gasteiger partial charge in [0.15, 0.2) is 0 Å². The van der Waals surface area contributed by atoms with E-state index in [1.165, 1.54) is 11.1 Å². The molecule has 0 unspecified atom stereocenters. The summed E-state index contributed by atoms with van der Waals surface area (Å²) in [6, 6.07) is 4.51. The van der Waals surface area contributed by atoms with Crippen LogP contribution in [0.1, 0.15) is 48.2 Å². The predicted octanol–water partition coefficient (Wildman–Crippen LogP) is 2.98. The maximum Gasteiger partial charge on any atom is 0.223 e. The fourth-order valence-electron chi connectivity index (χ4n) is 3.66. The van der Waals surface area contributed by atoms with E-state index in [-0.39, 0.29) is 5.91 Å². The molecule has 2 aromatic rings. The summed E-state index contributed by atoms with van der Waals surface area (Å²) in [7, 11) is 0. The van der Waals surface area contributed by atoms with Crippen molar-refractivity contribution in [1.82, 2.24) is 20.1 Å². The number of likely N-dealkylation sites (tertiary alicyclic amines) is 1. The fraction of sp³-hybridized carbons (Fsp3) is 0.526. The minimum atomic E-state index is 0.284. The number of pyridine rings is 1. The second-order valence-corrected chi connectivity index (χ2v) is 6.69. The van der Waals surface area contributed by atoms with Crippen molar-refractivity contribution < 1.29 is 4.79 Å². The van der Waals surface area contributed by atoms with E-state index < -0.39 is 0 Å². The molecule has 0 aliphatic carbocycles. The zero-order valence-corrected chi connectivity index (χ0v) is 14.6. The first-order valence-electron chi connectivity index (χ1n) is 8.84.